The zero-order valence-corrected chi connectivity index (χ0v) is 13.2. The second-order valence-electron chi connectivity index (χ2n) is 5.29. The van der Waals surface area contributed by atoms with Crippen LogP contribution in [0.15, 0.2) is 30.3 Å². The Hall–Kier alpha value is -2.04. The number of rotatable bonds is 5. The van der Waals surface area contributed by atoms with Gasteiger partial charge in [0.2, 0.25) is 6.10 Å². The molecular formula is C16H23NO4. The summed E-state index contributed by atoms with van der Waals surface area (Å²) in [6.45, 7) is 7.60. The number of ether oxygens (including phenoxy) is 2. The van der Waals surface area contributed by atoms with Crippen LogP contribution in [0.1, 0.15) is 39.4 Å². The van der Waals surface area contributed by atoms with Crippen molar-refractivity contribution in [3.63, 3.8) is 0 Å². The Balaban J connectivity index is 2.97. The summed E-state index contributed by atoms with van der Waals surface area (Å²) in [6.07, 6.45) is -1.58. The second kappa shape index (κ2) is 7.67. The summed E-state index contributed by atoms with van der Waals surface area (Å²) in [6, 6.07) is 8.80. The Morgan fingerprint density at radius 2 is 1.52 bits per heavy atom. The van der Waals surface area contributed by atoms with Crippen LogP contribution in [-0.4, -0.2) is 36.2 Å². The number of nitrogens with zero attached hydrogens (tertiary/aromatic N) is 1. The lowest BCUT2D eigenvalue weighted by Gasteiger charge is -2.31. The van der Waals surface area contributed by atoms with Gasteiger partial charge in [0, 0.05) is 17.6 Å². The molecule has 0 fully saturated rings. The van der Waals surface area contributed by atoms with Crippen molar-refractivity contribution in [2.24, 2.45) is 0 Å². The highest BCUT2D eigenvalue weighted by Gasteiger charge is 2.30. The maximum atomic E-state index is 12.3. The van der Waals surface area contributed by atoms with E-state index in [1.54, 1.807) is 29.2 Å². The number of benzene rings is 1. The number of esters is 1. The summed E-state index contributed by atoms with van der Waals surface area (Å²) in [5, 5.41) is 0. The first-order chi connectivity index (χ1) is 9.88. The molecule has 1 rings (SSSR count). The van der Waals surface area contributed by atoms with E-state index in [-0.39, 0.29) is 12.1 Å². The van der Waals surface area contributed by atoms with Gasteiger partial charge in [-0.2, -0.15) is 0 Å². The van der Waals surface area contributed by atoms with E-state index in [0.29, 0.717) is 5.56 Å². The van der Waals surface area contributed by atoms with Crippen LogP contribution < -0.4 is 0 Å². The van der Waals surface area contributed by atoms with Gasteiger partial charge in [-0.25, -0.2) is 9.59 Å². The minimum absolute atomic E-state index is 0.0217. The van der Waals surface area contributed by atoms with Gasteiger partial charge in [0.05, 0.1) is 7.11 Å². The highest BCUT2D eigenvalue weighted by molar-refractivity contribution is 5.80. The van der Waals surface area contributed by atoms with Gasteiger partial charge < -0.3 is 14.4 Å². The summed E-state index contributed by atoms with van der Waals surface area (Å²) in [4.78, 5) is 25.8. The molecule has 1 atom stereocenters. The molecule has 0 unspecified atom stereocenters. The van der Waals surface area contributed by atoms with Crippen LogP contribution in [0, 0.1) is 0 Å². The maximum Gasteiger partial charge on any atom is 0.411 e. The van der Waals surface area contributed by atoms with E-state index in [2.05, 4.69) is 0 Å². The molecule has 0 radical (unpaired) electrons. The van der Waals surface area contributed by atoms with E-state index in [1.165, 1.54) is 7.11 Å². The highest BCUT2D eigenvalue weighted by Crippen LogP contribution is 2.21. The zero-order chi connectivity index (χ0) is 16.0. The topological polar surface area (TPSA) is 55.8 Å². The number of carbonyl (C=O) groups is 2. The predicted molar refractivity (Wildman–Crippen MR) is 79.8 cm³/mol. The van der Waals surface area contributed by atoms with E-state index in [0.717, 1.165) is 0 Å². The standard InChI is InChI=1S/C16H23NO4/c1-11(2)17(12(3)4)16(19)21-14(15(18)20-5)13-9-7-6-8-10-13/h6-12,14H,1-5H3/t14-/m1/s1. The third-order valence-electron chi connectivity index (χ3n) is 3.06. The molecule has 0 aliphatic carbocycles. The van der Waals surface area contributed by atoms with Crippen molar-refractivity contribution >= 4 is 12.1 Å². The van der Waals surface area contributed by atoms with Crippen molar-refractivity contribution in [3.8, 4) is 0 Å². The van der Waals surface area contributed by atoms with Gasteiger partial charge >= 0.3 is 12.1 Å². The molecule has 0 aromatic heterocycles. The largest absolute Gasteiger partial charge is 0.466 e. The quantitative estimate of drug-likeness (QED) is 0.783. The minimum atomic E-state index is -1.05. The van der Waals surface area contributed by atoms with Crippen molar-refractivity contribution in [1.82, 2.24) is 4.90 Å². The van der Waals surface area contributed by atoms with Gasteiger partial charge in [-0.05, 0) is 27.7 Å². The molecule has 1 aromatic carbocycles. The van der Waals surface area contributed by atoms with E-state index in [4.69, 9.17) is 9.47 Å². The molecule has 0 aliphatic rings. The van der Waals surface area contributed by atoms with E-state index in [9.17, 15) is 9.59 Å². The average molecular weight is 293 g/mol. The van der Waals surface area contributed by atoms with Crippen LogP contribution in [0.4, 0.5) is 4.79 Å². The average Bonchev–Trinajstić information content (AvgIpc) is 2.44. The molecule has 0 bridgehead atoms. The Morgan fingerprint density at radius 1 is 1.00 bits per heavy atom. The first kappa shape index (κ1) is 17.0. The van der Waals surface area contributed by atoms with E-state index in [1.807, 2.05) is 33.8 Å². The zero-order valence-electron chi connectivity index (χ0n) is 13.2. The van der Waals surface area contributed by atoms with Crippen LogP contribution in [-0.2, 0) is 14.3 Å². The van der Waals surface area contributed by atoms with Gasteiger partial charge in [0.1, 0.15) is 0 Å². The van der Waals surface area contributed by atoms with Gasteiger partial charge in [-0.1, -0.05) is 30.3 Å². The van der Waals surface area contributed by atoms with Crippen LogP contribution in [0.25, 0.3) is 0 Å². The summed E-state index contributed by atoms with van der Waals surface area (Å²) >= 11 is 0. The predicted octanol–water partition coefficient (Wildman–Crippen LogP) is 3.16. The SMILES string of the molecule is COC(=O)[C@H](OC(=O)N(C(C)C)C(C)C)c1ccccc1. The Kier molecular flexibility index (Phi) is 6.21. The molecule has 0 saturated heterocycles. The molecule has 0 spiro atoms. The van der Waals surface area contributed by atoms with Gasteiger partial charge in [0.25, 0.3) is 0 Å². The summed E-state index contributed by atoms with van der Waals surface area (Å²) in [5.74, 6) is -0.595. The third-order valence-corrected chi connectivity index (χ3v) is 3.06. The number of amides is 1. The molecule has 1 amide bonds. The summed E-state index contributed by atoms with van der Waals surface area (Å²) in [5.41, 5.74) is 0.588. The van der Waals surface area contributed by atoms with Crippen molar-refractivity contribution in [1.29, 1.82) is 0 Å². The summed E-state index contributed by atoms with van der Waals surface area (Å²) < 4.78 is 10.1. The lowest BCUT2D eigenvalue weighted by atomic mass is 10.1. The van der Waals surface area contributed by atoms with E-state index < -0.39 is 18.2 Å². The Morgan fingerprint density at radius 3 is 1.95 bits per heavy atom. The summed E-state index contributed by atoms with van der Waals surface area (Å²) in [7, 11) is 1.27. The van der Waals surface area contributed by atoms with Crippen LogP contribution in [0.5, 0.6) is 0 Å². The lowest BCUT2D eigenvalue weighted by Crippen LogP contribution is -2.43. The number of hydrogen-bond donors (Lipinski definition) is 0. The van der Waals surface area contributed by atoms with Crippen LogP contribution in [0.3, 0.4) is 0 Å². The Bertz CT molecular complexity index is 462. The molecule has 5 heteroatoms. The molecule has 5 nitrogen and oxygen atoms in total. The van der Waals surface area contributed by atoms with Crippen LogP contribution in [0.2, 0.25) is 0 Å². The third kappa shape index (κ3) is 4.48. The lowest BCUT2D eigenvalue weighted by molar-refractivity contribution is -0.151. The van der Waals surface area contributed by atoms with Crippen molar-refractivity contribution in [2.45, 2.75) is 45.9 Å². The monoisotopic (exact) mass is 293 g/mol. The molecule has 0 heterocycles. The van der Waals surface area contributed by atoms with Crippen LogP contribution >= 0.6 is 0 Å². The fourth-order valence-electron chi connectivity index (χ4n) is 2.17. The van der Waals surface area contributed by atoms with Crippen molar-refractivity contribution < 1.29 is 19.1 Å². The van der Waals surface area contributed by atoms with Gasteiger partial charge in [-0.15, -0.1) is 0 Å². The molecule has 0 N–H and O–H groups in total. The molecule has 0 aliphatic heterocycles. The normalized spacial score (nSPS) is 12.1. The van der Waals surface area contributed by atoms with Gasteiger partial charge in [0.15, 0.2) is 0 Å². The molecule has 0 saturated carbocycles. The van der Waals surface area contributed by atoms with Crippen molar-refractivity contribution in [2.75, 3.05) is 7.11 Å². The minimum Gasteiger partial charge on any atom is -0.466 e. The molecular weight excluding hydrogens is 270 g/mol. The number of carbonyl (C=O) groups excluding carboxylic acids is 2. The van der Waals surface area contributed by atoms with E-state index >= 15 is 0 Å². The van der Waals surface area contributed by atoms with Crippen molar-refractivity contribution in [3.05, 3.63) is 35.9 Å². The fraction of sp³-hybridized carbons (Fsp3) is 0.500. The Labute approximate surface area is 125 Å². The first-order valence-electron chi connectivity index (χ1n) is 7.00. The molecule has 21 heavy (non-hydrogen) atoms. The number of methoxy groups -OCH3 is 1. The number of hydrogen-bond acceptors (Lipinski definition) is 4. The second-order valence-corrected chi connectivity index (χ2v) is 5.29. The first-order valence-corrected chi connectivity index (χ1v) is 7.00. The maximum absolute atomic E-state index is 12.3. The smallest absolute Gasteiger partial charge is 0.411 e. The van der Waals surface area contributed by atoms with Gasteiger partial charge in [-0.3, -0.25) is 0 Å². The molecule has 1 aromatic rings. The fourth-order valence-corrected chi connectivity index (χ4v) is 2.17. The molecule has 116 valence electrons. The highest BCUT2D eigenvalue weighted by atomic mass is 16.6.